The second-order valence-electron chi connectivity index (χ2n) is 8.72. The molecule has 0 saturated carbocycles. The van der Waals surface area contributed by atoms with E-state index in [4.69, 9.17) is 0 Å². The highest BCUT2D eigenvalue weighted by Gasteiger charge is 2.24. The maximum absolute atomic E-state index is 2.50. The number of rotatable bonds is 17. The molecule has 1 unspecified atom stereocenters. The molecule has 0 aromatic rings. The van der Waals surface area contributed by atoms with E-state index in [0.717, 1.165) is 0 Å². The minimum absolute atomic E-state index is 0.594. The summed E-state index contributed by atoms with van der Waals surface area (Å²) in [6.07, 6.45) is 28.1. The van der Waals surface area contributed by atoms with Gasteiger partial charge in [0.15, 0.2) is 0 Å². The standard InChI is InChI=1S/C24H48N2/c1-5-6-7-8-9-10-11-12-13-14-15-16-17-18-19-20-24-25(4)21-22-26(24)23(2)3/h21-24H,5-20H2,1-4H3. The van der Waals surface area contributed by atoms with Crippen LogP contribution in [0.4, 0.5) is 0 Å². The summed E-state index contributed by atoms with van der Waals surface area (Å²) in [6, 6.07) is 0.609. The fourth-order valence-corrected chi connectivity index (χ4v) is 4.16. The molecular weight excluding hydrogens is 316 g/mol. The summed E-state index contributed by atoms with van der Waals surface area (Å²) in [4.78, 5) is 4.88. The van der Waals surface area contributed by atoms with Crippen LogP contribution in [0.2, 0.25) is 0 Å². The fourth-order valence-electron chi connectivity index (χ4n) is 4.16. The molecule has 0 aliphatic carbocycles. The topological polar surface area (TPSA) is 6.48 Å². The van der Waals surface area contributed by atoms with Gasteiger partial charge in [-0.2, -0.15) is 0 Å². The zero-order valence-corrected chi connectivity index (χ0v) is 18.5. The lowest BCUT2D eigenvalue weighted by Crippen LogP contribution is -2.40. The Hall–Kier alpha value is -0.660. The average molecular weight is 365 g/mol. The Balaban J connectivity index is 1.82. The minimum atomic E-state index is 0.594. The van der Waals surface area contributed by atoms with E-state index in [1.807, 2.05) is 0 Å². The fraction of sp³-hybridized carbons (Fsp3) is 0.917. The molecule has 0 aromatic heterocycles. The Labute approximate surface area is 165 Å². The third-order valence-electron chi connectivity index (χ3n) is 5.95. The monoisotopic (exact) mass is 364 g/mol. The summed E-state index contributed by atoms with van der Waals surface area (Å²) in [5.41, 5.74) is 0. The van der Waals surface area contributed by atoms with Gasteiger partial charge in [-0.1, -0.05) is 96.8 Å². The van der Waals surface area contributed by atoms with Crippen LogP contribution in [0.15, 0.2) is 12.4 Å². The van der Waals surface area contributed by atoms with Crippen LogP contribution >= 0.6 is 0 Å². The molecule has 0 fully saturated rings. The van der Waals surface area contributed by atoms with Crippen molar-refractivity contribution < 1.29 is 0 Å². The van der Waals surface area contributed by atoms with Gasteiger partial charge in [-0.25, -0.2) is 0 Å². The Morgan fingerprint density at radius 1 is 0.654 bits per heavy atom. The molecule has 0 amide bonds. The molecule has 1 rings (SSSR count). The van der Waals surface area contributed by atoms with Gasteiger partial charge in [0.1, 0.15) is 6.17 Å². The molecule has 0 N–H and O–H groups in total. The van der Waals surface area contributed by atoms with Crippen molar-refractivity contribution in [1.29, 1.82) is 0 Å². The second kappa shape index (κ2) is 15.4. The first-order valence-electron chi connectivity index (χ1n) is 11.8. The molecular formula is C24H48N2. The largest absolute Gasteiger partial charge is 0.359 e. The van der Waals surface area contributed by atoms with E-state index >= 15 is 0 Å². The normalized spacial score (nSPS) is 17.0. The smallest absolute Gasteiger partial charge is 0.101 e. The first-order chi connectivity index (χ1) is 12.7. The molecule has 2 heteroatoms. The highest BCUT2D eigenvalue weighted by atomic mass is 15.4. The van der Waals surface area contributed by atoms with Crippen molar-refractivity contribution >= 4 is 0 Å². The molecule has 154 valence electrons. The van der Waals surface area contributed by atoms with Gasteiger partial charge < -0.3 is 9.80 Å². The van der Waals surface area contributed by atoms with Gasteiger partial charge in [-0.05, 0) is 26.7 Å². The van der Waals surface area contributed by atoms with Gasteiger partial charge in [-0.3, -0.25) is 0 Å². The number of hydrogen-bond donors (Lipinski definition) is 0. The van der Waals surface area contributed by atoms with Crippen molar-refractivity contribution in [2.24, 2.45) is 0 Å². The van der Waals surface area contributed by atoms with E-state index in [9.17, 15) is 0 Å². The Kier molecular flexibility index (Phi) is 13.9. The lowest BCUT2D eigenvalue weighted by Gasteiger charge is -2.33. The predicted octanol–water partition coefficient (Wildman–Crippen LogP) is 7.70. The summed E-state index contributed by atoms with van der Waals surface area (Å²) < 4.78 is 0. The van der Waals surface area contributed by atoms with Crippen LogP contribution in [0.5, 0.6) is 0 Å². The molecule has 2 nitrogen and oxygen atoms in total. The molecule has 1 heterocycles. The average Bonchev–Trinajstić information content (AvgIpc) is 2.99. The number of nitrogens with zero attached hydrogens (tertiary/aromatic N) is 2. The Morgan fingerprint density at radius 3 is 1.50 bits per heavy atom. The van der Waals surface area contributed by atoms with E-state index in [-0.39, 0.29) is 0 Å². The maximum atomic E-state index is 2.50. The molecule has 1 atom stereocenters. The number of hydrogen-bond acceptors (Lipinski definition) is 2. The Morgan fingerprint density at radius 2 is 1.08 bits per heavy atom. The summed E-state index contributed by atoms with van der Waals surface area (Å²) in [5, 5.41) is 0. The predicted molar refractivity (Wildman–Crippen MR) is 117 cm³/mol. The first kappa shape index (κ1) is 23.4. The zero-order valence-electron chi connectivity index (χ0n) is 18.5. The van der Waals surface area contributed by atoms with E-state index in [1.54, 1.807) is 0 Å². The highest BCUT2D eigenvalue weighted by molar-refractivity contribution is 4.96. The van der Waals surface area contributed by atoms with Crippen LogP contribution in [0.3, 0.4) is 0 Å². The molecule has 0 radical (unpaired) electrons. The minimum Gasteiger partial charge on any atom is -0.359 e. The van der Waals surface area contributed by atoms with Gasteiger partial charge in [0.05, 0.1) is 0 Å². The molecule has 1 aliphatic heterocycles. The van der Waals surface area contributed by atoms with Crippen LogP contribution < -0.4 is 0 Å². The van der Waals surface area contributed by atoms with Crippen molar-refractivity contribution in [3.63, 3.8) is 0 Å². The second-order valence-corrected chi connectivity index (χ2v) is 8.72. The molecule has 0 bridgehead atoms. The number of unbranched alkanes of at least 4 members (excludes halogenated alkanes) is 14. The summed E-state index contributed by atoms with van der Waals surface area (Å²) in [6.45, 7) is 6.89. The van der Waals surface area contributed by atoms with Crippen molar-refractivity contribution in [3.8, 4) is 0 Å². The van der Waals surface area contributed by atoms with Crippen LogP contribution in [-0.4, -0.2) is 29.1 Å². The van der Waals surface area contributed by atoms with Crippen LogP contribution in [0.25, 0.3) is 0 Å². The SMILES string of the molecule is CCCCCCCCCCCCCCCCCC1N(C)C=CN1C(C)C. The summed E-state index contributed by atoms with van der Waals surface area (Å²) in [7, 11) is 2.22. The third-order valence-corrected chi connectivity index (χ3v) is 5.95. The first-order valence-corrected chi connectivity index (χ1v) is 11.8. The molecule has 0 spiro atoms. The van der Waals surface area contributed by atoms with Crippen molar-refractivity contribution in [2.75, 3.05) is 7.05 Å². The van der Waals surface area contributed by atoms with Gasteiger partial charge >= 0.3 is 0 Å². The van der Waals surface area contributed by atoms with E-state index < -0.39 is 0 Å². The van der Waals surface area contributed by atoms with Crippen molar-refractivity contribution in [2.45, 2.75) is 136 Å². The van der Waals surface area contributed by atoms with Gasteiger partial charge in [0, 0.05) is 25.5 Å². The lowest BCUT2D eigenvalue weighted by molar-refractivity contribution is 0.134. The van der Waals surface area contributed by atoms with E-state index in [2.05, 4.69) is 50.0 Å². The molecule has 26 heavy (non-hydrogen) atoms. The Bertz CT molecular complexity index is 337. The van der Waals surface area contributed by atoms with Gasteiger partial charge in [0.25, 0.3) is 0 Å². The van der Waals surface area contributed by atoms with Gasteiger partial charge in [0.2, 0.25) is 0 Å². The third kappa shape index (κ3) is 10.5. The van der Waals surface area contributed by atoms with Crippen molar-refractivity contribution in [1.82, 2.24) is 9.80 Å². The van der Waals surface area contributed by atoms with Gasteiger partial charge in [-0.15, -0.1) is 0 Å². The highest BCUT2D eigenvalue weighted by Crippen LogP contribution is 2.22. The lowest BCUT2D eigenvalue weighted by atomic mass is 10.0. The molecule has 0 aromatic carbocycles. The van der Waals surface area contributed by atoms with Crippen molar-refractivity contribution in [3.05, 3.63) is 12.4 Å². The molecule has 0 saturated heterocycles. The maximum Gasteiger partial charge on any atom is 0.101 e. The van der Waals surface area contributed by atoms with Crippen LogP contribution in [0, 0.1) is 0 Å². The zero-order chi connectivity index (χ0) is 19.0. The molecule has 1 aliphatic rings. The summed E-state index contributed by atoms with van der Waals surface area (Å²) in [5.74, 6) is 0. The van der Waals surface area contributed by atoms with Crippen LogP contribution in [-0.2, 0) is 0 Å². The summed E-state index contributed by atoms with van der Waals surface area (Å²) >= 11 is 0. The van der Waals surface area contributed by atoms with E-state index in [0.29, 0.717) is 12.2 Å². The van der Waals surface area contributed by atoms with E-state index in [1.165, 1.54) is 103 Å². The quantitative estimate of drug-likeness (QED) is 0.244. The van der Waals surface area contributed by atoms with Crippen LogP contribution in [0.1, 0.15) is 124 Å².